The maximum Gasteiger partial charge on any atom is 0.257 e. The monoisotopic (exact) mass is 420 g/mol. The standard InChI is InChI=1S/C20H21ClN4O2.ClH/c1-12(17(22)14-6-4-3-5-7-14)19(26)23-13(2)18-24-20(27-25-18)15-8-10-16(21)11-9-15;/h3-13,17H,22H2,1-2H3,(H,23,26);1H. The first-order valence-corrected chi connectivity index (χ1v) is 9.04. The zero-order chi connectivity index (χ0) is 19.4. The van der Waals surface area contributed by atoms with Crippen molar-refractivity contribution in [1.82, 2.24) is 15.5 Å². The summed E-state index contributed by atoms with van der Waals surface area (Å²) in [6.07, 6.45) is 0. The summed E-state index contributed by atoms with van der Waals surface area (Å²) < 4.78 is 5.29. The van der Waals surface area contributed by atoms with Crippen LogP contribution in [-0.4, -0.2) is 16.0 Å². The summed E-state index contributed by atoms with van der Waals surface area (Å²) in [5.41, 5.74) is 7.90. The highest BCUT2D eigenvalue weighted by Crippen LogP contribution is 2.23. The molecule has 0 radical (unpaired) electrons. The molecule has 1 aromatic heterocycles. The van der Waals surface area contributed by atoms with E-state index in [0.717, 1.165) is 11.1 Å². The maximum absolute atomic E-state index is 12.6. The lowest BCUT2D eigenvalue weighted by atomic mass is 9.94. The summed E-state index contributed by atoms with van der Waals surface area (Å²) in [7, 11) is 0. The highest BCUT2D eigenvalue weighted by molar-refractivity contribution is 6.30. The lowest BCUT2D eigenvalue weighted by Gasteiger charge is -2.21. The van der Waals surface area contributed by atoms with Crippen LogP contribution in [0, 0.1) is 5.92 Å². The van der Waals surface area contributed by atoms with Gasteiger partial charge in [0.05, 0.1) is 12.0 Å². The molecule has 6 nitrogen and oxygen atoms in total. The van der Waals surface area contributed by atoms with Gasteiger partial charge in [-0.15, -0.1) is 12.4 Å². The molecule has 0 aliphatic rings. The van der Waals surface area contributed by atoms with E-state index in [1.54, 1.807) is 38.1 Å². The fourth-order valence-corrected chi connectivity index (χ4v) is 2.78. The van der Waals surface area contributed by atoms with Crippen LogP contribution in [0.15, 0.2) is 59.1 Å². The third-order valence-electron chi connectivity index (χ3n) is 4.42. The van der Waals surface area contributed by atoms with Gasteiger partial charge in [-0.05, 0) is 36.8 Å². The second-order valence-electron chi connectivity index (χ2n) is 6.42. The molecule has 1 heterocycles. The van der Waals surface area contributed by atoms with Gasteiger partial charge in [-0.3, -0.25) is 4.79 Å². The fourth-order valence-electron chi connectivity index (χ4n) is 2.66. The molecule has 0 aliphatic carbocycles. The number of carbonyl (C=O) groups excluding carboxylic acids is 1. The smallest absolute Gasteiger partial charge is 0.257 e. The minimum atomic E-state index is -0.410. The number of nitrogens with zero attached hydrogens (tertiary/aromatic N) is 2. The third-order valence-corrected chi connectivity index (χ3v) is 4.67. The molecule has 0 saturated carbocycles. The predicted octanol–water partition coefficient (Wildman–Crippen LogP) is 4.33. The Balaban J connectivity index is 0.00000280. The van der Waals surface area contributed by atoms with Crippen molar-refractivity contribution in [2.75, 3.05) is 0 Å². The highest BCUT2D eigenvalue weighted by Gasteiger charge is 2.25. The number of hydrogen-bond acceptors (Lipinski definition) is 5. The average molecular weight is 421 g/mol. The zero-order valence-electron chi connectivity index (χ0n) is 15.5. The van der Waals surface area contributed by atoms with Crippen molar-refractivity contribution < 1.29 is 9.32 Å². The second-order valence-corrected chi connectivity index (χ2v) is 6.86. The van der Waals surface area contributed by atoms with Crippen LogP contribution in [0.5, 0.6) is 0 Å². The van der Waals surface area contributed by atoms with Crippen LogP contribution in [0.25, 0.3) is 11.5 Å². The van der Waals surface area contributed by atoms with Crippen LogP contribution in [0.4, 0.5) is 0 Å². The molecule has 2 aromatic carbocycles. The van der Waals surface area contributed by atoms with E-state index in [4.69, 9.17) is 21.9 Å². The lowest BCUT2D eigenvalue weighted by Crippen LogP contribution is -2.37. The summed E-state index contributed by atoms with van der Waals surface area (Å²) in [4.78, 5) is 16.9. The molecule has 3 unspecified atom stereocenters. The molecule has 0 bridgehead atoms. The summed E-state index contributed by atoms with van der Waals surface area (Å²) in [5.74, 6) is 0.194. The highest BCUT2D eigenvalue weighted by atomic mass is 35.5. The quantitative estimate of drug-likeness (QED) is 0.618. The van der Waals surface area contributed by atoms with Crippen LogP contribution < -0.4 is 11.1 Å². The van der Waals surface area contributed by atoms with E-state index in [9.17, 15) is 4.79 Å². The van der Waals surface area contributed by atoms with Gasteiger partial charge in [0.15, 0.2) is 5.82 Å². The van der Waals surface area contributed by atoms with Crippen molar-refractivity contribution in [2.24, 2.45) is 11.7 Å². The Kier molecular flexibility index (Phi) is 7.57. The second kappa shape index (κ2) is 9.68. The SMILES string of the molecule is CC(NC(=O)C(C)C(N)c1ccccc1)c1noc(-c2ccc(Cl)cc2)n1.Cl. The minimum Gasteiger partial charge on any atom is -0.346 e. The first-order chi connectivity index (χ1) is 13.0. The van der Waals surface area contributed by atoms with E-state index in [0.29, 0.717) is 16.7 Å². The van der Waals surface area contributed by atoms with Gasteiger partial charge >= 0.3 is 0 Å². The third kappa shape index (κ3) is 5.10. The zero-order valence-corrected chi connectivity index (χ0v) is 17.1. The Labute approximate surface area is 174 Å². The van der Waals surface area contributed by atoms with E-state index in [1.165, 1.54) is 0 Å². The van der Waals surface area contributed by atoms with E-state index in [2.05, 4.69) is 15.5 Å². The number of carbonyl (C=O) groups is 1. The number of rotatable bonds is 6. The van der Waals surface area contributed by atoms with Crippen LogP contribution >= 0.6 is 24.0 Å². The van der Waals surface area contributed by atoms with Gasteiger partial charge in [-0.25, -0.2) is 0 Å². The van der Waals surface area contributed by atoms with Gasteiger partial charge in [0.25, 0.3) is 5.89 Å². The van der Waals surface area contributed by atoms with Gasteiger partial charge in [0, 0.05) is 16.6 Å². The van der Waals surface area contributed by atoms with Crippen molar-refractivity contribution in [1.29, 1.82) is 0 Å². The topological polar surface area (TPSA) is 94.0 Å². The van der Waals surface area contributed by atoms with Crippen molar-refractivity contribution in [2.45, 2.75) is 25.9 Å². The number of benzene rings is 2. The molecule has 1 amide bonds. The summed E-state index contributed by atoms with van der Waals surface area (Å²) >= 11 is 5.89. The van der Waals surface area contributed by atoms with Gasteiger partial charge < -0.3 is 15.6 Å². The Morgan fingerprint density at radius 1 is 1.11 bits per heavy atom. The summed E-state index contributed by atoms with van der Waals surface area (Å²) in [6, 6.07) is 15.8. The molecule has 8 heteroatoms. The molecule has 28 heavy (non-hydrogen) atoms. The van der Waals surface area contributed by atoms with Crippen molar-refractivity contribution >= 4 is 29.9 Å². The van der Waals surface area contributed by atoms with Crippen molar-refractivity contribution in [3.8, 4) is 11.5 Å². The molecule has 3 aromatic rings. The molecule has 0 aliphatic heterocycles. The molecule has 0 spiro atoms. The molecular formula is C20H22Cl2N4O2. The van der Waals surface area contributed by atoms with Gasteiger partial charge in [0.1, 0.15) is 0 Å². The Morgan fingerprint density at radius 2 is 1.75 bits per heavy atom. The number of nitrogens with two attached hydrogens (primary N) is 1. The van der Waals surface area contributed by atoms with Crippen LogP contribution in [-0.2, 0) is 4.79 Å². The first-order valence-electron chi connectivity index (χ1n) is 8.66. The molecule has 3 atom stereocenters. The molecule has 0 saturated heterocycles. The molecule has 148 valence electrons. The van der Waals surface area contributed by atoms with Gasteiger partial charge in [-0.1, -0.05) is 54.0 Å². The largest absolute Gasteiger partial charge is 0.346 e. The summed E-state index contributed by atoms with van der Waals surface area (Å²) in [5, 5.41) is 7.49. The lowest BCUT2D eigenvalue weighted by molar-refractivity contribution is -0.125. The van der Waals surface area contributed by atoms with Crippen LogP contribution in [0.3, 0.4) is 0 Å². The normalized spacial score (nSPS) is 13.9. The van der Waals surface area contributed by atoms with Crippen LogP contribution in [0.2, 0.25) is 5.02 Å². The average Bonchev–Trinajstić information content (AvgIpc) is 3.18. The fraction of sp³-hybridized carbons (Fsp3) is 0.250. The summed E-state index contributed by atoms with van der Waals surface area (Å²) in [6.45, 7) is 3.60. The van der Waals surface area contributed by atoms with Crippen LogP contribution in [0.1, 0.15) is 37.3 Å². The molecular weight excluding hydrogens is 399 g/mol. The van der Waals surface area contributed by atoms with Crippen molar-refractivity contribution in [3.63, 3.8) is 0 Å². The van der Waals surface area contributed by atoms with Gasteiger partial charge in [-0.2, -0.15) is 4.98 Å². The number of amides is 1. The Bertz CT molecular complexity index is 900. The van der Waals surface area contributed by atoms with E-state index in [-0.39, 0.29) is 18.3 Å². The first kappa shape index (κ1) is 21.9. The van der Waals surface area contributed by atoms with Crippen molar-refractivity contribution in [3.05, 3.63) is 71.0 Å². The van der Waals surface area contributed by atoms with Gasteiger partial charge in [0.2, 0.25) is 5.91 Å². The number of aromatic nitrogens is 2. The van der Waals surface area contributed by atoms with E-state index in [1.807, 2.05) is 30.3 Å². The molecule has 3 rings (SSSR count). The number of nitrogens with one attached hydrogen (secondary N) is 1. The maximum atomic E-state index is 12.6. The Hall–Kier alpha value is -2.41. The number of hydrogen-bond donors (Lipinski definition) is 2. The molecule has 0 fully saturated rings. The minimum absolute atomic E-state index is 0. The predicted molar refractivity (Wildman–Crippen MR) is 111 cm³/mol. The Morgan fingerprint density at radius 3 is 2.39 bits per heavy atom. The van der Waals surface area contributed by atoms with E-state index < -0.39 is 18.0 Å². The number of halogens is 2. The molecule has 3 N–H and O–H groups in total. The van der Waals surface area contributed by atoms with E-state index >= 15 is 0 Å².